The Morgan fingerprint density at radius 2 is 2.25 bits per heavy atom. The van der Waals surface area contributed by atoms with Crippen LogP contribution in [0.2, 0.25) is 0 Å². The molecule has 4 rings (SSSR count). The van der Waals surface area contributed by atoms with Gasteiger partial charge < -0.3 is 5.32 Å². The number of nitrogens with zero attached hydrogens (tertiary/aromatic N) is 4. The highest BCUT2D eigenvalue weighted by atomic mass is 32.2. The zero-order chi connectivity index (χ0) is 16.4. The quantitative estimate of drug-likeness (QED) is 0.654. The second kappa shape index (κ2) is 7.11. The van der Waals surface area contributed by atoms with Crippen LogP contribution in [-0.2, 0) is 6.54 Å². The Balaban J connectivity index is 1.43. The molecule has 24 heavy (non-hydrogen) atoms. The minimum atomic E-state index is 0.640. The topological polar surface area (TPSA) is 55.1 Å². The van der Waals surface area contributed by atoms with Crippen molar-refractivity contribution in [3.63, 3.8) is 0 Å². The molecule has 3 aromatic heterocycles. The highest BCUT2D eigenvalue weighted by Gasteiger charge is 2.20. The molecule has 0 aromatic carbocycles. The Bertz CT molecular complexity index is 788. The molecule has 5 nitrogen and oxygen atoms in total. The van der Waals surface area contributed by atoms with Crippen LogP contribution in [0.15, 0.2) is 29.6 Å². The summed E-state index contributed by atoms with van der Waals surface area (Å²) in [6.45, 7) is 2.90. The summed E-state index contributed by atoms with van der Waals surface area (Å²) in [5.74, 6) is 1.68. The molecular formula is C17H21N5S2. The van der Waals surface area contributed by atoms with Crippen molar-refractivity contribution in [2.24, 2.45) is 0 Å². The van der Waals surface area contributed by atoms with E-state index in [2.05, 4.69) is 34.6 Å². The summed E-state index contributed by atoms with van der Waals surface area (Å²) < 4.78 is 1.92. The van der Waals surface area contributed by atoms with Gasteiger partial charge in [-0.25, -0.2) is 14.5 Å². The molecule has 3 heterocycles. The first-order chi connectivity index (χ1) is 11.8. The average Bonchev–Trinajstić information content (AvgIpc) is 3.29. The molecule has 0 spiro atoms. The molecule has 3 aromatic rings. The van der Waals surface area contributed by atoms with Crippen molar-refractivity contribution in [2.45, 2.75) is 50.1 Å². The summed E-state index contributed by atoms with van der Waals surface area (Å²) >= 11 is 3.38. The van der Waals surface area contributed by atoms with Gasteiger partial charge in [-0.3, -0.25) is 0 Å². The van der Waals surface area contributed by atoms with Crippen molar-refractivity contribution in [2.75, 3.05) is 11.1 Å². The molecule has 1 fully saturated rings. The Morgan fingerprint density at radius 1 is 1.38 bits per heavy atom. The summed E-state index contributed by atoms with van der Waals surface area (Å²) in [7, 11) is 0. The van der Waals surface area contributed by atoms with E-state index in [9.17, 15) is 0 Å². The van der Waals surface area contributed by atoms with Gasteiger partial charge in [-0.2, -0.15) is 0 Å². The van der Waals surface area contributed by atoms with E-state index >= 15 is 0 Å². The normalized spacial score (nSPS) is 15.4. The van der Waals surface area contributed by atoms with E-state index in [1.807, 2.05) is 16.8 Å². The van der Waals surface area contributed by atoms with E-state index in [0.717, 1.165) is 27.4 Å². The predicted octanol–water partition coefficient (Wildman–Crippen LogP) is 4.57. The Morgan fingerprint density at radius 3 is 3.04 bits per heavy atom. The third kappa shape index (κ3) is 3.42. The molecule has 7 heteroatoms. The van der Waals surface area contributed by atoms with Gasteiger partial charge in [0, 0.05) is 18.7 Å². The summed E-state index contributed by atoms with van der Waals surface area (Å²) in [5, 5.41) is 10.0. The molecule has 1 saturated carbocycles. The van der Waals surface area contributed by atoms with Gasteiger partial charge in [-0.05, 0) is 36.3 Å². The summed E-state index contributed by atoms with van der Waals surface area (Å²) in [4.78, 5) is 10.1. The van der Waals surface area contributed by atoms with Crippen molar-refractivity contribution >= 4 is 33.2 Å². The third-order valence-electron chi connectivity index (χ3n) is 4.37. The van der Waals surface area contributed by atoms with Gasteiger partial charge in [0.15, 0.2) is 0 Å². The van der Waals surface area contributed by atoms with Crippen LogP contribution >= 0.6 is 23.1 Å². The Kier molecular flexibility index (Phi) is 4.71. The molecule has 0 saturated heterocycles. The van der Waals surface area contributed by atoms with Gasteiger partial charge in [0.25, 0.3) is 0 Å². The van der Waals surface area contributed by atoms with E-state index in [4.69, 9.17) is 4.98 Å². The molecule has 0 radical (unpaired) electrons. The molecule has 1 N–H and O–H groups in total. The van der Waals surface area contributed by atoms with Crippen molar-refractivity contribution in [3.05, 3.63) is 35.8 Å². The van der Waals surface area contributed by atoms with Crippen LogP contribution in [0.4, 0.5) is 5.13 Å². The number of hydrogen-bond acceptors (Lipinski definition) is 6. The van der Waals surface area contributed by atoms with Gasteiger partial charge in [0.05, 0.1) is 16.9 Å². The van der Waals surface area contributed by atoms with Gasteiger partial charge in [-0.1, -0.05) is 31.1 Å². The maximum Gasteiger partial charge on any atom is 0.214 e. The number of nitrogens with one attached hydrogen (secondary N) is 1. The van der Waals surface area contributed by atoms with E-state index in [-0.39, 0.29) is 0 Å². The van der Waals surface area contributed by atoms with E-state index in [1.165, 1.54) is 36.9 Å². The van der Waals surface area contributed by atoms with Crippen molar-refractivity contribution < 1.29 is 0 Å². The van der Waals surface area contributed by atoms with Gasteiger partial charge in [0.2, 0.25) is 10.1 Å². The lowest BCUT2D eigenvalue weighted by atomic mass is 10.1. The van der Waals surface area contributed by atoms with Gasteiger partial charge in [0.1, 0.15) is 0 Å². The minimum absolute atomic E-state index is 0.640. The van der Waals surface area contributed by atoms with Crippen LogP contribution < -0.4 is 5.32 Å². The monoisotopic (exact) mass is 359 g/mol. The summed E-state index contributed by atoms with van der Waals surface area (Å²) in [5.41, 5.74) is 2.44. The highest BCUT2D eigenvalue weighted by Crippen LogP contribution is 2.34. The molecule has 1 aliphatic carbocycles. The zero-order valence-electron chi connectivity index (χ0n) is 13.7. The lowest BCUT2D eigenvalue weighted by Gasteiger charge is -2.04. The second-order valence-corrected chi connectivity index (χ2v) is 8.31. The fraction of sp³-hybridized carbons (Fsp3) is 0.471. The second-order valence-electron chi connectivity index (χ2n) is 6.07. The van der Waals surface area contributed by atoms with Crippen LogP contribution in [0.5, 0.6) is 0 Å². The van der Waals surface area contributed by atoms with Crippen LogP contribution in [0.3, 0.4) is 0 Å². The molecule has 126 valence electrons. The van der Waals surface area contributed by atoms with Crippen LogP contribution in [0.1, 0.15) is 49.8 Å². The van der Waals surface area contributed by atoms with Crippen molar-refractivity contribution in [1.82, 2.24) is 19.6 Å². The highest BCUT2D eigenvalue weighted by molar-refractivity contribution is 7.99. The lowest BCUT2D eigenvalue weighted by Crippen LogP contribution is -2.00. The smallest absolute Gasteiger partial charge is 0.214 e. The molecule has 0 bridgehead atoms. The number of imidazole rings is 1. The van der Waals surface area contributed by atoms with E-state index < -0.39 is 0 Å². The number of anilines is 1. The maximum absolute atomic E-state index is 4.77. The number of hydrogen-bond donors (Lipinski definition) is 1. The SMILES string of the molecule is CCSc1cc(CNc2nn3cc(C4CCCC4)nc3s2)ccn1. The number of aromatic nitrogens is 4. The molecule has 0 atom stereocenters. The largest absolute Gasteiger partial charge is 0.356 e. The molecule has 1 aliphatic rings. The fourth-order valence-corrected chi connectivity index (χ4v) is 4.62. The number of rotatable bonds is 6. The van der Waals surface area contributed by atoms with Gasteiger partial charge in [-0.15, -0.1) is 16.9 Å². The van der Waals surface area contributed by atoms with Crippen molar-refractivity contribution in [1.29, 1.82) is 0 Å². The molecular weight excluding hydrogens is 338 g/mol. The average molecular weight is 360 g/mol. The first kappa shape index (κ1) is 15.9. The Labute approximate surface area is 149 Å². The number of thioether (sulfide) groups is 1. The van der Waals surface area contributed by atoms with Crippen LogP contribution in [0, 0.1) is 0 Å². The zero-order valence-corrected chi connectivity index (χ0v) is 15.4. The van der Waals surface area contributed by atoms with Crippen LogP contribution in [0.25, 0.3) is 4.96 Å². The van der Waals surface area contributed by atoms with E-state index in [1.54, 1.807) is 23.1 Å². The molecule has 0 aliphatic heterocycles. The van der Waals surface area contributed by atoms with Crippen LogP contribution in [-0.4, -0.2) is 25.3 Å². The minimum Gasteiger partial charge on any atom is -0.356 e. The third-order valence-corrected chi connectivity index (χ3v) is 6.06. The standard InChI is InChI=1S/C17H21N5S2/c1-2-23-15-9-12(7-8-18-15)10-19-16-21-22-11-14(20-17(22)24-16)13-5-3-4-6-13/h7-9,11,13H,2-6,10H2,1H3,(H,19,21). The Hall–Kier alpha value is -1.60. The molecule has 0 unspecified atom stereocenters. The maximum atomic E-state index is 4.77. The van der Waals surface area contributed by atoms with E-state index in [0.29, 0.717) is 5.92 Å². The fourth-order valence-electron chi connectivity index (χ4n) is 3.17. The summed E-state index contributed by atoms with van der Waals surface area (Å²) in [6.07, 6.45) is 9.19. The first-order valence-corrected chi connectivity index (χ1v) is 10.3. The predicted molar refractivity (Wildman–Crippen MR) is 100 cm³/mol. The summed E-state index contributed by atoms with van der Waals surface area (Å²) in [6, 6.07) is 4.18. The van der Waals surface area contributed by atoms with Crippen molar-refractivity contribution in [3.8, 4) is 0 Å². The number of fused-ring (bicyclic) bond motifs is 1. The lowest BCUT2D eigenvalue weighted by molar-refractivity contribution is 0.702. The molecule has 0 amide bonds. The van der Waals surface area contributed by atoms with Gasteiger partial charge >= 0.3 is 0 Å². The first-order valence-electron chi connectivity index (χ1n) is 8.49. The number of pyridine rings is 1.